The summed E-state index contributed by atoms with van der Waals surface area (Å²) in [6.07, 6.45) is 3.89. The van der Waals surface area contributed by atoms with Crippen molar-refractivity contribution >= 4 is 23.5 Å². The summed E-state index contributed by atoms with van der Waals surface area (Å²) in [7, 11) is 0. The number of nitrogens with zero attached hydrogens (tertiary/aromatic N) is 6. The van der Waals surface area contributed by atoms with E-state index in [1.807, 2.05) is 36.4 Å². The zero-order chi connectivity index (χ0) is 14.2. The summed E-state index contributed by atoms with van der Waals surface area (Å²) in [6.45, 7) is 0. The van der Waals surface area contributed by atoms with E-state index >= 15 is 0 Å². The van der Waals surface area contributed by atoms with E-state index in [0.29, 0.717) is 11.4 Å². The van der Waals surface area contributed by atoms with E-state index < -0.39 is 0 Å². The number of hydrogen-bond acceptors (Lipinski definition) is 2. The van der Waals surface area contributed by atoms with Crippen LogP contribution in [0.4, 0.5) is 11.4 Å². The van der Waals surface area contributed by atoms with Gasteiger partial charge in [0, 0.05) is 21.2 Å². The SMILES string of the molecule is [N-]=[N+]=Nc1ccc(/C=C/c2ccc(N=[N+]=[N-])cc2)cc1. The van der Waals surface area contributed by atoms with Gasteiger partial charge < -0.3 is 0 Å². The standard InChI is InChI=1S/C14H10N6/c15-19-17-13-7-3-11(4-8-13)1-2-12-5-9-14(10-6-12)18-20-16/h1-10H/b2-1+. The van der Waals surface area contributed by atoms with Gasteiger partial charge in [0.2, 0.25) is 0 Å². The average molecular weight is 262 g/mol. The van der Waals surface area contributed by atoms with Gasteiger partial charge in [0.15, 0.2) is 0 Å². The lowest BCUT2D eigenvalue weighted by Gasteiger charge is -1.96. The van der Waals surface area contributed by atoms with Gasteiger partial charge >= 0.3 is 0 Å². The molecule has 2 aromatic carbocycles. The molecule has 0 amide bonds. The van der Waals surface area contributed by atoms with Crippen LogP contribution >= 0.6 is 0 Å². The Hall–Kier alpha value is -3.20. The molecule has 0 bridgehead atoms. The van der Waals surface area contributed by atoms with Gasteiger partial charge in [-0.05, 0) is 22.2 Å². The summed E-state index contributed by atoms with van der Waals surface area (Å²) in [5.41, 5.74) is 19.8. The Bertz CT molecular complexity index is 639. The summed E-state index contributed by atoms with van der Waals surface area (Å²) in [6, 6.07) is 14.5. The Morgan fingerprint density at radius 1 is 0.650 bits per heavy atom. The van der Waals surface area contributed by atoms with Crippen molar-refractivity contribution in [2.24, 2.45) is 10.2 Å². The van der Waals surface area contributed by atoms with E-state index in [1.165, 1.54) is 0 Å². The molecular weight excluding hydrogens is 252 g/mol. The van der Waals surface area contributed by atoms with Crippen LogP contribution < -0.4 is 0 Å². The predicted octanol–water partition coefficient (Wildman–Crippen LogP) is 5.74. The van der Waals surface area contributed by atoms with Gasteiger partial charge in [0.1, 0.15) is 0 Å². The molecule has 0 radical (unpaired) electrons. The highest BCUT2D eigenvalue weighted by molar-refractivity contribution is 5.70. The lowest BCUT2D eigenvalue weighted by atomic mass is 10.1. The quantitative estimate of drug-likeness (QED) is 0.290. The number of rotatable bonds is 4. The zero-order valence-corrected chi connectivity index (χ0v) is 10.5. The molecule has 0 spiro atoms. The number of benzene rings is 2. The monoisotopic (exact) mass is 262 g/mol. The summed E-state index contributed by atoms with van der Waals surface area (Å²) >= 11 is 0. The molecule has 0 N–H and O–H groups in total. The van der Waals surface area contributed by atoms with E-state index in [-0.39, 0.29) is 0 Å². The first-order valence-corrected chi connectivity index (χ1v) is 5.80. The van der Waals surface area contributed by atoms with Gasteiger partial charge in [-0.3, -0.25) is 0 Å². The van der Waals surface area contributed by atoms with E-state index in [1.54, 1.807) is 24.3 Å². The van der Waals surface area contributed by atoms with Crippen molar-refractivity contribution in [1.29, 1.82) is 0 Å². The molecule has 96 valence electrons. The average Bonchev–Trinajstić information content (AvgIpc) is 2.49. The highest BCUT2D eigenvalue weighted by atomic mass is 15.1. The molecule has 20 heavy (non-hydrogen) atoms. The first-order valence-electron chi connectivity index (χ1n) is 5.80. The Balaban J connectivity index is 2.12. The molecule has 0 fully saturated rings. The van der Waals surface area contributed by atoms with Crippen molar-refractivity contribution < 1.29 is 0 Å². The Morgan fingerprint density at radius 3 is 1.30 bits per heavy atom. The van der Waals surface area contributed by atoms with Crippen molar-refractivity contribution in [2.75, 3.05) is 0 Å². The van der Waals surface area contributed by atoms with E-state index in [2.05, 4.69) is 20.1 Å². The van der Waals surface area contributed by atoms with Crippen LogP contribution in [0.2, 0.25) is 0 Å². The van der Waals surface area contributed by atoms with Crippen LogP contribution in [0.3, 0.4) is 0 Å². The molecular formula is C14H10N6. The van der Waals surface area contributed by atoms with Crippen LogP contribution in [0.25, 0.3) is 33.0 Å². The summed E-state index contributed by atoms with van der Waals surface area (Å²) in [4.78, 5) is 5.45. The molecule has 0 atom stereocenters. The molecule has 0 aromatic heterocycles. The summed E-state index contributed by atoms with van der Waals surface area (Å²) in [5, 5.41) is 7.02. The maximum Gasteiger partial charge on any atom is 0.0375 e. The van der Waals surface area contributed by atoms with Crippen molar-refractivity contribution in [2.45, 2.75) is 0 Å². The molecule has 0 aliphatic rings. The summed E-state index contributed by atoms with van der Waals surface area (Å²) < 4.78 is 0. The highest BCUT2D eigenvalue weighted by Crippen LogP contribution is 2.17. The van der Waals surface area contributed by atoms with Crippen molar-refractivity contribution in [3.05, 3.63) is 80.5 Å². The molecule has 0 aliphatic carbocycles. The molecule has 0 saturated heterocycles. The maximum absolute atomic E-state index is 8.32. The van der Waals surface area contributed by atoms with Gasteiger partial charge in [0.25, 0.3) is 0 Å². The minimum absolute atomic E-state index is 0.586. The Morgan fingerprint density at radius 2 is 1.00 bits per heavy atom. The minimum atomic E-state index is 0.586. The molecule has 6 nitrogen and oxygen atoms in total. The third kappa shape index (κ3) is 3.65. The second-order valence-corrected chi connectivity index (χ2v) is 3.90. The molecule has 0 aliphatic heterocycles. The minimum Gasteiger partial charge on any atom is -0.0608 e. The van der Waals surface area contributed by atoms with E-state index in [9.17, 15) is 0 Å². The Labute approximate surface area is 115 Å². The molecule has 2 aromatic rings. The van der Waals surface area contributed by atoms with Gasteiger partial charge in [-0.2, -0.15) is 0 Å². The number of azide groups is 2. The van der Waals surface area contributed by atoms with E-state index in [0.717, 1.165) is 11.1 Å². The highest BCUT2D eigenvalue weighted by Gasteiger charge is 1.91. The molecule has 2 rings (SSSR count). The smallest absolute Gasteiger partial charge is 0.0375 e. The fraction of sp³-hybridized carbons (Fsp3) is 0. The molecule has 0 unspecified atom stereocenters. The molecule has 0 saturated carbocycles. The van der Waals surface area contributed by atoms with E-state index in [4.69, 9.17) is 11.1 Å². The third-order valence-corrected chi connectivity index (χ3v) is 2.57. The van der Waals surface area contributed by atoms with Gasteiger partial charge in [-0.25, -0.2) is 0 Å². The van der Waals surface area contributed by atoms with Crippen LogP contribution in [0.1, 0.15) is 11.1 Å². The van der Waals surface area contributed by atoms with Crippen molar-refractivity contribution in [3.63, 3.8) is 0 Å². The van der Waals surface area contributed by atoms with Gasteiger partial charge in [-0.1, -0.05) is 70.9 Å². The lowest BCUT2D eigenvalue weighted by molar-refractivity contribution is 1.47. The van der Waals surface area contributed by atoms with Gasteiger partial charge in [-0.15, -0.1) is 0 Å². The largest absolute Gasteiger partial charge is 0.0608 e. The topological polar surface area (TPSA) is 97.5 Å². The predicted molar refractivity (Wildman–Crippen MR) is 79.4 cm³/mol. The zero-order valence-electron chi connectivity index (χ0n) is 10.5. The fourth-order valence-electron chi connectivity index (χ4n) is 1.60. The van der Waals surface area contributed by atoms with Crippen LogP contribution in [0.5, 0.6) is 0 Å². The first-order chi connectivity index (χ1) is 9.81. The number of hydrogen-bond donors (Lipinski definition) is 0. The van der Waals surface area contributed by atoms with Crippen molar-refractivity contribution in [3.8, 4) is 0 Å². The van der Waals surface area contributed by atoms with Crippen LogP contribution in [-0.4, -0.2) is 0 Å². The maximum atomic E-state index is 8.32. The molecule has 6 heteroatoms. The molecule has 0 heterocycles. The van der Waals surface area contributed by atoms with Crippen LogP contribution in [0, 0.1) is 0 Å². The Kier molecular flexibility index (Phi) is 4.41. The van der Waals surface area contributed by atoms with Crippen molar-refractivity contribution in [1.82, 2.24) is 0 Å². The van der Waals surface area contributed by atoms with Crippen LogP contribution in [-0.2, 0) is 0 Å². The third-order valence-electron chi connectivity index (χ3n) is 2.57. The van der Waals surface area contributed by atoms with Gasteiger partial charge in [0.05, 0.1) is 0 Å². The second-order valence-electron chi connectivity index (χ2n) is 3.90. The first kappa shape index (κ1) is 13.2. The normalized spacial score (nSPS) is 9.80. The second kappa shape index (κ2) is 6.66. The lowest BCUT2D eigenvalue weighted by Crippen LogP contribution is -1.72. The summed E-state index contributed by atoms with van der Waals surface area (Å²) in [5.74, 6) is 0. The van der Waals surface area contributed by atoms with Crippen LogP contribution in [0.15, 0.2) is 58.8 Å². The fourth-order valence-corrected chi connectivity index (χ4v) is 1.60.